The van der Waals surface area contributed by atoms with E-state index in [0.29, 0.717) is 12.1 Å². The predicted molar refractivity (Wildman–Crippen MR) is 102 cm³/mol. The molecule has 2 N–H and O–H groups in total. The van der Waals surface area contributed by atoms with Crippen molar-refractivity contribution in [2.24, 2.45) is 0 Å². The first kappa shape index (κ1) is 18.2. The fourth-order valence-corrected chi connectivity index (χ4v) is 3.23. The summed E-state index contributed by atoms with van der Waals surface area (Å²) in [6.45, 7) is 6.22. The Morgan fingerprint density at radius 2 is 1.83 bits per heavy atom. The Hall–Kier alpha value is -1.13. The summed E-state index contributed by atoms with van der Waals surface area (Å²) in [4.78, 5) is 2.36. The lowest BCUT2D eigenvalue weighted by molar-refractivity contribution is 0.265. The summed E-state index contributed by atoms with van der Waals surface area (Å²) in [5.41, 5.74) is 2.70. The van der Waals surface area contributed by atoms with Crippen molar-refractivity contribution < 1.29 is 0 Å². The molecule has 128 valence electrons. The number of nitrogens with zero attached hydrogens (tertiary/aromatic N) is 1. The number of nitrogens with one attached hydrogen (secondary N) is 2. The van der Waals surface area contributed by atoms with Gasteiger partial charge < -0.3 is 10.6 Å². The summed E-state index contributed by atoms with van der Waals surface area (Å²) >= 11 is 5.47. The molecular formula is C19H31N3S. The van der Waals surface area contributed by atoms with Crippen molar-refractivity contribution in [3.8, 4) is 0 Å². The maximum absolute atomic E-state index is 5.47. The Bertz CT molecular complexity index is 495. The van der Waals surface area contributed by atoms with E-state index in [-0.39, 0.29) is 0 Å². The second kappa shape index (κ2) is 9.24. The zero-order valence-electron chi connectivity index (χ0n) is 14.8. The van der Waals surface area contributed by atoms with Crippen LogP contribution in [0.4, 0.5) is 0 Å². The average molecular weight is 334 g/mol. The molecule has 2 rings (SSSR count). The van der Waals surface area contributed by atoms with Crippen LogP contribution in [-0.4, -0.2) is 29.1 Å². The molecule has 1 fully saturated rings. The highest BCUT2D eigenvalue weighted by molar-refractivity contribution is 7.80. The standard InChI is InChI=1S/C19H31N3S/c1-15(2)22(3)14-17-10-8-7-9-16(17)13-20-19(23)21-18-11-5-4-6-12-18/h7-10,15,18H,4-6,11-14H2,1-3H3,(H2,20,21,23). The molecule has 3 nitrogen and oxygen atoms in total. The van der Waals surface area contributed by atoms with Crippen LogP contribution in [-0.2, 0) is 13.1 Å². The molecule has 0 amide bonds. The minimum atomic E-state index is 0.546. The van der Waals surface area contributed by atoms with E-state index in [1.807, 2.05) is 0 Å². The van der Waals surface area contributed by atoms with E-state index in [9.17, 15) is 0 Å². The summed E-state index contributed by atoms with van der Waals surface area (Å²) in [6.07, 6.45) is 6.51. The number of hydrogen-bond acceptors (Lipinski definition) is 2. The highest BCUT2D eigenvalue weighted by Gasteiger charge is 2.14. The fourth-order valence-electron chi connectivity index (χ4n) is 2.99. The van der Waals surface area contributed by atoms with Gasteiger partial charge in [-0.25, -0.2) is 0 Å². The van der Waals surface area contributed by atoms with E-state index in [0.717, 1.165) is 18.2 Å². The molecule has 0 heterocycles. The molecule has 1 aliphatic carbocycles. The van der Waals surface area contributed by atoms with E-state index in [1.165, 1.54) is 43.2 Å². The van der Waals surface area contributed by atoms with Gasteiger partial charge in [-0.1, -0.05) is 43.5 Å². The van der Waals surface area contributed by atoms with E-state index >= 15 is 0 Å². The van der Waals surface area contributed by atoms with Crippen molar-refractivity contribution in [3.05, 3.63) is 35.4 Å². The summed E-state index contributed by atoms with van der Waals surface area (Å²) in [7, 11) is 2.17. The van der Waals surface area contributed by atoms with Crippen molar-refractivity contribution in [2.45, 2.75) is 71.1 Å². The van der Waals surface area contributed by atoms with Crippen molar-refractivity contribution >= 4 is 17.3 Å². The van der Waals surface area contributed by atoms with Crippen molar-refractivity contribution in [2.75, 3.05) is 7.05 Å². The minimum absolute atomic E-state index is 0.546. The summed E-state index contributed by atoms with van der Waals surface area (Å²) in [5.74, 6) is 0. The third-order valence-corrected chi connectivity index (χ3v) is 5.06. The molecule has 0 radical (unpaired) electrons. The zero-order valence-corrected chi connectivity index (χ0v) is 15.6. The molecule has 0 spiro atoms. The quantitative estimate of drug-likeness (QED) is 0.774. The molecule has 4 heteroatoms. The van der Waals surface area contributed by atoms with Crippen LogP contribution in [0.3, 0.4) is 0 Å². The molecule has 0 aliphatic heterocycles. The lowest BCUT2D eigenvalue weighted by Crippen LogP contribution is -2.42. The van der Waals surface area contributed by atoms with Crippen LogP contribution in [0, 0.1) is 0 Å². The number of thiocarbonyl (C=S) groups is 1. The van der Waals surface area contributed by atoms with E-state index in [2.05, 4.69) is 60.7 Å². The van der Waals surface area contributed by atoms with E-state index < -0.39 is 0 Å². The van der Waals surface area contributed by atoms with Crippen LogP contribution in [0.1, 0.15) is 57.1 Å². The van der Waals surface area contributed by atoms with Gasteiger partial charge in [0, 0.05) is 25.2 Å². The number of rotatable bonds is 6. The molecule has 1 aromatic carbocycles. The monoisotopic (exact) mass is 333 g/mol. The average Bonchev–Trinajstić information content (AvgIpc) is 2.55. The van der Waals surface area contributed by atoms with Crippen LogP contribution < -0.4 is 10.6 Å². The molecular weight excluding hydrogens is 302 g/mol. The molecule has 1 aromatic rings. The Balaban J connectivity index is 1.85. The van der Waals surface area contributed by atoms with Crippen LogP contribution in [0.2, 0.25) is 0 Å². The fraction of sp³-hybridized carbons (Fsp3) is 0.632. The Labute approximate surface area is 146 Å². The van der Waals surface area contributed by atoms with Crippen LogP contribution in [0.5, 0.6) is 0 Å². The van der Waals surface area contributed by atoms with Gasteiger partial charge >= 0.3 is 0 Å². The van der Waals surface area contributed by atoms with Gasteiger partial charge in [0.2, 0.25) is 0 Å². The third kappa shape index (κ3) is 6.11. The Morgan fingerprint density at radius 3 is 2.48 bits per heavy atom. The van der Waals surface area contributed by atoms with Crippen LogP contribution >= 0.6 is 12.2 Å². The summed E-state index contributed by atoms with van der Waals surface area (Å²) < 4.78 is 0. The van der Waals surface area contributed by atoms with Gasteiger partial charge in [0.1, 0.15) is 0 Å². The summed E-state index contributed by atoms with van der Waals surface area (Å²) in [5, 5.41) is 7.66. The first-order valence-electron chi connectivity index (χ1n) is 8.87. The third-order valence-electron chi connectivity index (χ3n) is 4.80. The molecule has 23 heavy (non-hydrogen) atoms. The lowest BCUT2D eigenvalue weighted by Gasteiger charge is -2.25. The topological polar surface area (TPSA) is 27.3 Å². The Kier molecular flexibility index (Phi) is 7.31. The molecule has 1 saturated carbocycles. The van der Waals surface area contributed by atoms with Gasteiger partial charge in [-0.2, -0.15) is 0 Å². The SMILES string of the molecule is CC(C)N(C)Cc1ccccc1CNC(=S)NC1CCCCC1. The van der Waals surface area contributed by atoms with E-state index in [4.69, 9.17) is 12.2 Å². The molecule has 0 unspecified atom stereocenters. The van der Waals surface area contributed by atoms with Gasteiger partial charge in [0.25, 0.3) is 0 Å². The van der Waals surface area contributed by atoms with Gasteiger partial charge in [-0.05, 0) is 57.1 Å². The molecule has 1 aliphatic rings. The smallest absolute Gasteiger partial charge is 0.166 e. The van der Waals surface area contributed by atoms with Crippen molar-refractivity contribution in [1.82, 2.24) is 15.5 Å². The molecule has 0 saturated heterocycles. The van der Waals surface area contributed by atoms with Gasteiger partial charge in [-0.3, -0.25) is 4.90 Å². The van der Waals surface area contributed by atoms with Crippen LogP contribution in [0.15, 0.2) is 24.3 Å². The van der Waals surface area contributed by atoms with Gasteiger partial charge in [0.05, 0.1) is 0 Å². The maximum atomic E-state index is 5.47. The van der Waals surface area contributed by atoms with Crippen molar-refractivity contribution in [1.29, 1.82) is 0 Å². The number of benzene rings is 1. The highest BCUT2D eigenvalue weighted by Crippen LogP contribution is 2.17. The largest absolute Gasteiger partial charge is 0.360 e. The normalized spacial score (nSPS) is 15.9. The van der Waals surface area contributed by atoms with Gasteiger partial charge in [-0.15, -0.1) is 0 Å². The second-order valence-corrected chi connectivity index (χ2v) is 7.35. The first-order valence-corrected chi connectivity index (χ1v) is 9.28. The maximum Gasteiger partial charge on any atom is 0.166 e. The lowest BCUT2D eigenvalue weighted by atomic mass is 9.96. The molecule has 0 bridgehead atoms. The van der Waals surface area contributed by atoms with Crippen molar-refractivity contribution in [3.63, 3.8) is 0 Å². The Morgan fingerprint density at radius 1 is 1.17 bits per heavy atom. The molecule has 0 atom stereocenters. The summed E-state index contributed by atoms with van der Waals surface area (Å²) in [6, 6.07) is 9.74. The number of hydrogen-bond donors (Lipinski definition) is 2. The van der Waals surface area contributed by atoms with Gasteiger partial charge in [0.15, 0.2) is 5.11 Å². The zero-order chi connectivity index (χ0) is 16.7. The first-order chi connectivity index (χ1) is 11.1. The highest BCUT2D eigenvalue weighted by atomic mass is 32.1. The predicted octanol–water partition coefficient (Wildman–Crippen LogP) is 3.82. The van der Waals surface area contributed by atoms with Crippen LogP contribution in [0.25, 0.3) is 0 Å². The molecule has 0 aromatic heterocycles. The minimum Gasteiger partial charge on any atom is -0.360 e. The van der Waals surface area contributed by atoms with E-state index in [1.54, 1.807) is 0 Å². The second-order valence-electron chi connectivity index (χ2n) is 6.94.